The molecule has 1 aromatic rings. The summed E-state index contributed by atoms with van der Waals surface area (Å²) >= 11 is 3.50. The Bertz CT molecular complexity index is 632. The summed E-state index contributed by atoms with van der Waals surface area (Å²) in [7, 11) is 0. The van der Waals surface area contributed by atoms with E-state index in [0.29, 0.717) is 13.1 Å². The van der Waals surface area contributed by atoms with Crippen LogP contribution in [0.5, 0.6) is 0 Å². The van der Waals surface area contributed by atoms with Crippen molar-refractivity contribution in [2.24, 2.45) is 5.92 Å². The summed E-state index contributed by atoms with van der Waals surface area (Å²) in [5.74, 6) is 0.408. The zero-order valence-corrected chi connectivity index (χ0v) is 15.9. The van der Waals surface area contributed by atoms with Crippen LogP contribution in [0.3, 0.4) is 0 Å². The minimum absolute atomic E-state index is 0.0393. The second-order valence-electron chi connectivity index (χ2n) is 7.32. The number of hydrogen-bond donors (Lipinski definition) is 1. The maximum Gasteiger partial charge on any atom is 0.233 e. The van der Waals surface area contributed by atoms with E-state index in [1.54, 1.807) is 0 Å². The molecular formula is C19H25BrN2O2. The fraction of sp³-hybridized carbons (Fsp3) is 0.579. The van der Waals surface area contributed by atoms with E-state index in [1.807, 2.05) is 30.9 Å². The molecule has 1 saturated carbocycles. The van der Waals surface area contributed by atoms with Crippen LogP contribution in [0.2, 0.25) is 0 Å². The predicted molar refractivity (Wildman–Crippen MR) is 97.6 cm³/mol. The summed E-state index contributed by atoms with van der Waals surface area (Å²) in [5, 5.41) is 2.98. The molecule has 1 aromatic carbocycles. The molecule has 4 nitrogen and oxygen atoms in total. The Morgan fingerprint density at radius 1 is 1.25 bits per heavy atom. The lowest BCUT2D eigenvalue weighted by molar-refractivity contribution is -0.138. The van der Waals surface area contributed by atoms with Gasteiger partial charge in [-0.2, -0.15) is 0 Å². The van der Waals surface area contributed by atoms with Crippen LogP contribution in [-0.2, 0) is 15.0 Å². The average molecular weight is 393 g/mol. The van der Waals surface area contributed by atoms with Crippen molar-refractivity contribution in [1.82, 2.24) is 10.2 Å². The monoisotopic (exact) mass is 392 g/mol. The van der Waals surface area contributed by atoms with Crippen LogP contribution in [0.1, 0.15) is 45.1 Å². The Morgan fingerprint density at radius 2 is 1.92 bits per heavy atom. The second-order valence-corrected chi connectivity index (χ2v) is 8.24. The third-order valence-corrected chi connectivity index (χ3v) is 5.61. The van der Waals surface area contributed by atoms with E-state index in [0.717, 1.165) is 35.7 Å². The average Bonchev–Trinajstić information content (AvgIpc) is 3.35. The molecule has 24 heavy (non-hydrogen) atoms. The van der Waals surface area contributed by atoms with Crippen LogP contribution in [-0.4, -0.2) is 35.8 Å². The smallest absolute Gasteiger partial charge is 0.233 e. The van der Waals surface area contributed by atoms with Gasteiger partial charge in [-0.15, -0.1) is 0 Å². The largest absolute Gasteiger partial charge is 0.354 e. The third-order valence-electron chi connectivity index (χ3n) is 5.12. The molecule has 5 heteroatoms. The number of likely N-dealkylation sites (tertiary alicyclic amines) is 1. The van der Waals surface area contributed by atoms with Gasteiger partial charge in [0.25, 0.3) is 0 Å². The third kappa shape index (κ3) is 3.51. The molecule has 0 unspecified atom stereocenters. The molecule has 0 spiro atoms. The second kappa shape index (κ2) is 6.87. The lowest BCUT2D eigenvalue weighted by Crippen LogP contribution is -2.47. The quantitative estimate of drug-likeness (QED) is 0.854. The molecule has 3 rings (SSSR count). The molecule has 0 bridgehead atoms. The number of benzene rings is 1. The summed E-state index contributed by atoms with van der Waals surface area (Å²) in [6.45, 7) is 5.33. The Balaban J connectivity index is 1.62. The predicted octanol–water partition coefficient (Wildman–Crippen LogP) is 3.24. The minimum Gasteiger partial charge on any atom is -0.354 e. The minimum atomic E-state index is -0.323. The fourth-order valence-electron chi connectivity index (χ4n) is 3.59. The van der Waals surface area contributed by atoms with Gasteiger partial charge >= 0.3 is 0 Å². The zero-order chi connectivity index (χ0) is 17.3. The van der Waals surface area contributed by atoms with Crippen molar-refractivity contribution in [2.45, 2.75) is 51.0 Å². The molecule has 1 N–H and O–H groups in total. The molecule has 130 valence electrons. The Morgan fingerprint density at radius 3 is 2.46 bits per heavy atom. The first kappa shape index (κ1) is 17.5. The van der Waals surface area contributed by atoms with Gasteiger partial charge in [-0.3, -0.25) is 9.59 Å². The van der Waals surface area contributed by atoms with E-state index in [9.17, 15) is 9.59 Å². The summed E-state index contributed by atoms with van der Waals surface area (Å²) in [6.07, 6.45) is 3.38. The van der Waals surface area contributed by atoms with Crippen molar-refractivity contribution in [3.05, 3.63) is 34.3 Å². The molecule has 0 aromatic heterocycles. The van der Waals surface area contributed by atoms with Crippen molar-refractivity contribution in [3.8, 4) is 0 Å². The van der Waals surface area contributed by atoms with Crippen molar-refractivity contribution >= 4 is 27.7 Å². The number of hydrogen-bond acceptors (Lipinski definition) is 2. The SMILES string of the molecule is CC(C)NC(=O)C1CCN(C(=O)C2(c3cccc(Br)c3)CC2)CC1. The van der Waals surface area contributed by atoms with Gasteiger partial charge in [-0.1, -0.05) is 28.1 Å². The van der Waals surface area contributed by atoms with Gasteiger partial charge in [-0.25, -0.2) is 0 Å². The highest BCUT2D eigenvalue weighted by Crippen LogP contribution is 2.50. The number of carbonyl (C=O) groups is 2. The number of amides is 2. The number of rotatable bonds is 4. The van der Waals surface area contributed by atoms with Gasteiger partial charge in [0.15, 0.2) is 0 Å². The van der Waals surface area contributed by atoms with Gasteiger partial charge in [0.05, 0.1) is 5.41 Å². The molecule has 2 aliphatic rings. The summed E-state index contributed by atoms with van der Waals surface area (Å²) in [6, 6.07) is 8.27. The molecule has 0 radical (unpaired) electrons. The highest BCUT2D eigenvalue weighted by Gasteiger charge is 2.53. The first-order valence-electron chi connectivity index (χ1n) is 8.78. The maximum absolute atomic E-state index is 13.1. The number of halogens is 1. The van der Waals surface area contributed by atoms with Crippen LogP contribution in [0, 0.1) is 5.92 Å². The van der Waals surface area contributed by atoms with E-state index >= 15 is 0 Å². The zero-order valence-electron chi connectivity index (χ0n) is 14.3. The van der Waals surface area contributed by atoms with E-state index in [4.69, 9.17) is 0 Å². The highest BCUT2D eigenvalue weighted by atomic mass is 79.9. The number of carbonyl (C=O) groups excluding carboxylic acids is 2. The van der Waals surface area contributed by atoms with Crippen LogP contribution in [0.4, 0.5) is 0 Å². The van der Waals surface area contributed by atoms with Crippen LogP contribution < -0.4 is 5.32 Å². The van der Waals surface area contributed by atoms with Gasteiger partial charge in [-0.05, 0) is 57.2 Å². The summed E-state index contributed by atoms with van der Waals surface area (Å²) in [5.41, 5.74) is 0.790. The summed E-state index contributed by atoms with van der Waals surface area (Å²) < 4.78 is 1.02. The number of piperidine rings is 1. The van der Waals surface area contributed by atoms with Gasteiger partial charge in [0.2, 0.25) is 11.8 Å². The van der Waals surface area contributed by atoms with E-state index in [2.05, 4.69) is 33.4 Å². The molecule has 1 aliphatic heterocycles. The Kier molecular flexibility index (Phi) is 5.00. The summed E-state index contributed by atoms with van der Waals surface area (Å²) in [4.78, 5) is 27.2. The fourth-order valence-corrected chi connectivity index (χ4v) is 3.99. The highest BCUT2D eigenvalue weighted by molar-refractivity contribution is 9.10. The molecule has 1 aliphatic carbocycles. The Hall–Kier alpha value is -1.36. The number of nitrogens with zero attached hydrogens (tertiary/aromatic N) is 1. The topological polar surface area (TPSA) is 49.4 Å². The lowest BCUT2D eigenvalue weighted by Gasteiger charge is -2.34. The lowest BCUT2D eigenvalue weighted by atomic mass is 9.91. The molecule has 0 atom stereocenters. The van der Waals surface area contributed by atoms with Crippen molar-refractivity contribution in [3.63, 3.8) is 0 Å². The van der Waals surface area contributed by atoms with Crippen molar-refractivity contribution in [2.75, 3.05) is 13.1 Å². The molecule has 1 heterocycles. The van der Waals surface area contributed by atoms with Crippen LogP contribution in [0.15, 0.2) is 28.7 Å². The van der Waals surface area contributed by atoms with E-state index in [-0.39, 0.29) is 29.2 Å². The van der Waals surface area contributed by atoms with Crippen LogP contribution >= 0.6 is 15.9 Å². The van der Waals surface area contributed by atoms with Gasteiger partial charge in [0.1, 0.15) is 0 Å². The standard InChI is InChI=1S/C19H25BrN2O2/c1-13(2)21-17(23)14-6-10-22(11-7-14)18(24)19(8-9-19)15-4-3-5-16(20)12-15/h3-5,12-14H,6-11H2,1-2H3,(H,21,23). The van der Waals surface area contributed by atoms with Gasteiger partial charge in [0, 0.05) is 29.5 Å². The van der Waals surface area contributed by atoms with Crippen molar-refractivity contribution in [1.29, 1.82) is 0 Å². The molecular weight excluding hydrogens is 368 g/mol. The number of nitrogens with one attached hydrogen (secondary N) is 1. The van der Waals surface area contributed by atoms with E-state index in [1.165, 1.54) is 0 Å². The first-order chi connectivity index (χ1) is 11.4. The molecule has 1 saturated heterocycles. The van der Waals surface area contributed by atoms with E-state index < -0.39 is 0 Å². The van der Waals surface area contributed by atoms with Crippen molar-refractivity contribution < 1.29 is 9.59 Å². The van der Waals surface area contributed by atoms with Crippen LogP contribution in [0.25, 0.3) is 0 Å². The van der Waals surface area contributed by atoms with Gasteiger partial charge < -0.3 is 10.2 Å². The molecule has 2 fully saturated rings. The first-order valence-corrected chi connectivity index (χ1v) is 9.57. The maximum atomic E-state index is 13.1. The normalized spacial score (nSPS) is 20.1. The Labute approximate surface area is 152 Å². The molecule has 2 amide bonds.